The highest BCUT2D eigenvalue weighted by molar-refractivity contribution is 7.88. The third kappa shape index (κ3) is 1.55. The molecule has 12 heavy (non-hydrogen) atoms. The molecule has 0 bridgehead atoms. The fourth-order valence-electron chi connectivity index (χ4n) is 0.581. The average Bonchev–Trinajstić information content (AvgIpc) is 1.94. The van der Waals surface area contributed by atoms with E-state index in [1.54, 1.807) is 14.1 Å². The Balaban J connectivity index is 3.06. The summed E-state index contributed by atoms with van der Waals surface area (Å²) < 4.78 is 26.6. The molecule has 1 aliphatic heterocycles. The maximum Gasteiger partial charge on any atom is 0.348 e. The highest BCUT2D eigenvalue weighted by Crippen LogP contribution is 2.04. The first-order valence-corrected chi connectivity index (χ1v) is 4.62. The molecular formula is C5H10N4O2S. The van der Waals surface area contributed by atoms with Crippen LogP contribution in [0, 0.1) is 0 Å². The van der Waals surface area contributed by atoms with Gasteiger partial charge in [-0.1, -0.05) is 0 Å². The summed E-state index contributed by atoms with van der Waals surface area (Å²) in [6.45, 7) is 0. The number of aliphatic imine (C=N–C) groups is 1. The molecule has 0 radical (unpaired) electrons. The first-order valence-electron chi connectivity index (χ1n) is 3.23. The van der Waals surface area contributed by atoms with Crippen LogP contribution in [-0.2, 0) is 10.2 Å². The monoisotopic (exact) mass is 190 g/mol. The summed E-state index contributed by atoms with van der Waals surface area (Å²) in [6.07, 6.45) is 1.22. The summed E-state index contributed by atoms with van der Waals surface area (Å²) in [7, 11) is 1.21. The van der Waals surface area contributed by atoms with E-state index in [9.17, 15) is 8.42 Å². The Kier molecular flexibility index (Phi) is 2.05. The van der Waals surface area contributed by atoms with Gasteiger partial charge in [0.25, 0.3) is 0 Å². The van der Waals surface area contributed by atoms with Gasteiger partial charge in [-0.3, -0.25) is 0 Å². The molecule has 0 atom stereocenters. The van der Waals surface area contributed by atoms with Gasteiger partial charge in [0.2, 0.25) is 5.96 Å². The van der Waals surface area contributed by atoms with Gasteiger partial charge in [0.15, 0.2) is 0 Å². The van der Waals surface area contributed by atoms with Crippen molar-refractivity contribution < 1.29 is 8.42 Å². The van der Waals surface area contributed by atoms with Crippen LogP contribution in [0.25, 0.3) is 0 Å². The van der Waals surface area contributed by atoms with Crippen LogP contribution in [0.5, 0.6) is 0 Å². The molecule has 1 aliphatic rings. The molecule has 1 heterocycles. The molecule has 0 aromatic rings. The maximum absolute atomic E-state index is 11.1. The van der Waals surface area contributed by atoms with Crippen LogP contribution in [0.3, 0.4) is 0 Å². The molecule has 1 rings (SSSR count). The molecule has 0 aromatic heterocycles. The van der Waals surface area contributed by atoms with Crippen LogP contribution < -0.4 is 0 Å². The van der Waals surface area contributed by atoms with Gasteiger partial charge in [-0.15, -0.1) is 4.40 Å². The molecule has 0 aliphatic carbocycles. The number of rotatable bonds is 0. The van der Waals surface area contributed by atoms with Gasteiger partial charge < -0.3 is 4.90 Å². The van der Waals surface area contributed by atoms with Crippen molar-refractivity contribution in [1.29, 1.82) is 0 Å². The fraction of sp³-hybridized carbons (Fsp3) is 0.600. The van der Waals surface area contributed by atoms with E-state index in [2.05, 4.69) is 9.39 Å². The minimum absolute atomic E-state index is 0.188. The van der Waals surface area contributed by atoms with Crippen molar-refractivity contribution in [3.8, 4) is 0 Å². The van der Waals surface area contributed by atoms with Crippen molar-refractivity contribution in [2.45, 2.75) is 0 Å². The van der Waals surface area contributed by atoms with E-state index >= 15 is 0 Å². The predicted molar refractivity (Wildman–Crippen MR) is 46.3 cm³/mol. The quantitative estimate of drug-likeness (QED) is 0.498. The average molecular weight is 190 g/mol. The lowest BCUT2D eigenvalue weighted by atomic mass is 10.8. The van der Waals surface area contributed by atoms with Crippen LogP contribution in [0.15, 0.2) is 9.39 Å². The van der Waals surface area contributed by atoms with Crippen molar-refractivity contribution in [2.24, 2.45) is 9.39 Å². The highest BCUT2D eigenvalue weighted by Gasteiger charge is 2.19. The van der Waals surface area contributed by atoms with E-state index in [0.29, 0.717) is 0 Å². The largest absolute Gasteiger partial charge is 0.348 e. The third-order valence-electron chi connectivity index (χ3n) is 1.30. The molecule has 68 valence electrons. The lowest BCUT2D eigenvalue weighted by molar-refractivity contribution is 0.549. The summed E-state index contributed by atoms with van der Waals surface area (Å²) in [4.78, 5) is 5.33. The zero-order valence-corrected chi connectivity index (χ0v) is 7.91. The van der Waals surface area contributed by atoms with E-state index in [1.165, 1.54) is 18.3 Å². The van der Waals surface area contributed by atoms with Gasteiger partial charge in [0.05, 0.1) is 0 Å². The summed E-state index contributed by atoms with van der Waals surface area (Å²) in [5.41, 5.74) is 0. The zero-order chi connectivity index (χ0) is 9.35. The standard InChI is InChI=1S/C5H10N4O2S/c1-8(2)5-6-4-9(3)12(10,11)7-5/h4H,1-3H3. The Hall–Kier alpha value is -1.11. The summed E-state index contributed by atoms with van der Waals surface area (Å²) in [6, 6.07) is 0. The molecule has 0 aromatic carbocycles. The van der Waals surface area contributed by atoms with Crippen molar-refractivity contribution in [2.75, 3.05) is 21.1 Å². The van der Waals surface area contributed by atoms with Crippen LogP contribution in [0.2, 0.25) is 0 Å². The van der Waals surface area contributed by atoms with Gasteiger partial charge in [-0.05, 0) is 0 Å². The van der Waals surface area contributed by atoms with Gasteiger partial charge in [0.1, 0.15) is 6.34 Å². The van der Waals surface area contributed by atoms with Crippen molar-refractivity contribution in [1.82, 2.24) is 9.21 Å². The number of hydrogen-bond acceptors (Lipinski definition) is 4. The van der Waals surface area contributed by atoms with E-state index < -0.39 is 10.2 Å². The van der Waals surface area contributed by atoms with E-state index in [4.69, 9.17) is 0 Å². The summed E-state index contributed by atoms with van der Waals surface area (Å²) in [5.74, 6) is 0.188. The number of hydrogen-bond donors (Lipinski definition) is 0. The van der Waals surface area contributed by atoms with Crippen LogP contribution in [-0.4, -0.2) is 51.1 Å². The topological polar surface area (TPSA) is 65.3 Å². The number of nitrogens with zero attached hydrogens (tertiary/aromatic N) is 4. The van der Waals surface area contributed by atoms with Crippen LogP contribution in [0.1, 0.15) is 0 Å². The van der Waals surface area contributed by atoms with Gasteiger partial charge in [-0.2, -0.15) is 8.42 Å². The van der Waals surface area contributed by atoms with Crippen LogP contribution >= 0.6 is 0 Å². The minimum Gasteiger partial charge on any atom is -0.346 e. The molecular weight excluding hydrogens is 180 g/mol. The Morgan fingerprint density at radius 2 is 2.08 bits per heavy atom. The van der Waals surface area contributed by atoms with Crippen molar-refractivity contribution >= 4 is 22.5 Å². The SMILES string of the molecule is CN(C)C1=NS(=O)(=O)N(C)C=N1. The van der Waals surface area contributed by atoms with E-state index in [-0.39, 0.29) is 5.96 Å². The molecule has 0 saturated carbocycles. The molecule has 0 N–H and O–H groups in total. The molecule has 0 spiro atoms. The molecule has 0 unspecified atom stereocenters. The Morgan fingerprint density at radius 1 is 1.50 bits per heavy atom. The zero-order valence-electron chi connectivity index (χ0n) is 7.09. The first-order chi connectivity index (χ1) is 5.43. The fourth-order valence-corrected chi connectivity index (χ4v) is 1.29. The van der Waals surface area contributed by atoms with Gasteiger partial charge >= 0.3 is 10.2 Å². The third-order valence-corrected chi connectivity index (χ3v) is 2.51. The molecule has 0 amide bonds. The van der Waals surface area contributed by atoms with Crippen molar-refractivity contribution in [3.63, 3.8) is 0 Å². The maximum atomic E-state index is 11.1. The molecule has 6 nitrogen and oxygen atoms in total. The molecule has 7 heteroatoms. The normalized spacial score (nSPS) is 20.6. The smallest absolute Gasteiger partial charge is 0.346 e. The molecule has 0 saturated heterocycles. The lowest BCUT2D eigenvalue weighted by Crippen LogP contribution is -2.33. The lowest BCUT2D eigenvalue weighted by Gasteiger charge is -2.18. The Bertz CT molecular complexity index is 329. The second kappa shape index (κ2) is 2.74. The van der Waals surface area contributed by atoms with Gasteiger partial charge in [0, 0.05) is 21.1 Å². The summed E-state index contributed by atoms with van der Waals surface area (Å²) in [5, 5.41) is 0. The predicted octanol–water partition coefficient (Wildman–Crippen LogP) is -0.877. The Labute approximate surface area is 71.4 Å². The highest BCUT2D eigenvalue weighted by atomic mass is 32.2. The number of guanidine groups is 1. The van der Waals surface area contributed by atoms with Crippen LogP contribution in [0.4, 0.5) is 0 Å². The Morgan fingerprint density at radius 3 is 2.50 bits per heavy atom. The second-order valence-corrected chi connectivity index (χ2v) is 4.18. The minimum atomic E-state index is -3.53. The second-order valence-electron chi connectivity index (χ2n) is 2.52. The summed E-state index contributed by atoms with van der Waals surface area (Å²) >= 11 is 0. The molecule has 0 fully saturated rings. The van der Waals surface area contributed by atoms with Crippen molar-refractivity contribution in [3.05, 3.63) is 0 Å². The van der Waals surface area contributed by atoms with E-state index in [0.717, 1.165) is 4.31 Å². The first kappa shape index (κ1) is 8.98. The van der Waals surface area contributed by atoms with E-state index in [1.807, 2.05) is 0 Å². The van der Waals surface area contributed by atoms with Gasteiger partial charge in [-0.25, -0.2) is 9.30 Å².